The van der Waals surface area contributed by atoms with E-state index in [1.807, 2.05) is 6.92 Å². The quantitative estimate of drug-likeness (QED) is 0.604. The zero-order valence-corrected chi connectivity index (χ0v) is 7.33. The Bertz CT molecular complexity index is 244. The van der Waals surface area contributed by atoms with E-state index in [2.05, 4.69) is 30.3 Å². The van der Waals surface area contributed by atoms with Crippen LogP contribution < -0.4 is 0 Å². The van der Waals surface area contributed by atoms with Gasteiger partial charge in [0.2, 0.25) is 0 Å². The lowest BCUT2D eigenvalue weighted by molar-refractivity contribution is 1.25. The Labute approximate surface area is 65.4 Å². The van der Waals surface area contributed by atoms with E-state index in [0.717, 1.165) is 10.7 Å². The third-order valence-corrected chi connectivity index (χ3v) is 1.96. The van der Waals surface area contributed by atoms with E-state index >= 15 is 0 Å². The molecule has 0 spiro atoms. The van der Waals surface area contributed by atoms with Crippen LogP contribution in [-0.4, -0.2) is 4.98 Å². The van der Waals surface area contributed by atoms with Crippen LogP contribution in [0.4, 0.5) is 0 Å². The van der Waals surface area contributed by atoms with E-state index in [-0.39, 0.29) is 0 Å². The standard InChI is InChI=1S/C8H11NS/c1-6(2)4-8-9-7(3)5-10-8/h4-5H,1-3H3. The number of aromatic nitrogens is 1. The molecule has 1 aromatic heterocycles. The van der Waals surface area contributed by atoms with Crippen molar-refractivity contribution in [1.82, 2.24) is 4.98 Å². The largest absolute Gasteiger partial charge is 0.242 e. The molecule has 0 atom stereocenters. The normalized spacial score (nSPS) is 9.50. The van der Waals surface area contributed by atoms with E-state index in [9.17, 15) is 0 Å². The monoisotopic (exact) mass is 153 g/mol. The van der Waals surface area contributed by atoms with Gasteiger partial charge in [0, 0.05) is 11.1 Å². The summed E-state index contributed by atoms with van der Waals surface area (Å²) in [5.74, 6) is 0. The van der Waals surface area contributed by atoms with Crippen molar-refractivity contribution >= 4 is 17.4 Å². The lowest BCUT2D eigenvalue weighted by Crippen LogP contribution is -1.71. The van der Waals surface area contributed by atoms with Gasteiger partial charge in [0.05, 0.1) is 0 Å². The van der Waals surface area contributed by atoms with Gasteiger partial charge < -0.3 is 0 Å². The zero-order valence-electron chi connectivity index (χ0n) is 6.51. The second-order valence-corrected chi connectivity index (χ2v) is 3.44. The van der Waals surface area contributed by atoms with E-state index in [4.69, 9.17) is 0 Å². The predicted molar refractivity (Wildman–Crippen MR) is 46.2 cm³/mol. The van der Waals surface area contributed by atoms with E-state index < -0.39 is 0 Å². The Balaban J connectivity index is 2.86. The summed E-state index contributed by atoms with van der Waals surface area (Å²) in [5, 5.41) is 3.17. The summed E-state index contributed by atoms with van der Waals surface area (Å²) in [6.45, 7) is 6.17. The molecule has 0 bridgehead atoms. The number of aryl methyl sites for hydroxylation is 1. The van der Waals surface area contributed by atoms with Gasteiger partial charge in [-0.1, -0.05) is 5.57 Å². The Hall–Kier alpha value is -0.630. The first-order valence-corrected chi connectivity index (χ1v) is 4.13. The highest BCUT2D eigenvalue weighted by molar-refractivity contribution is 7.10. The number of hydrogen-bond donors (Lipinski definition) is 0. The van der Waals surface area contributed by atoms with Gasteiger partial charge in [0.1, 0.15) is 5.01 Å². The Morgan fingerprint density at radius 3 is 2.70 bits per heavy atom. The van der Waals surface area contributed by atoms with Gasteiger partial charge >= 0.3 is 0 Å². The zero-order chi connectivity index (χ0) is 7.56. The second-order valence-electron chi connectivity index (χ2n) is 2.55. The average Bonchev–Trinajstić information content (AvgIpc) is 2.13. The molecule has 0 aliphatic heterocycles. The molecular weight excluding hydrogens is 142 g/mol. The van der Waals surface area contributed by atoms with Gasteiger partial charge in [-0.2, -0.15) is 0 Å². The first-order chi connectivity index (χ1) is 4.68. The summed E-state index contributed by atoms with van der Waals surface area (Å²) in [7, 11) is 0. The lowest BCUT2D eigenvalue weighted by atomic mass is 10.3. The predicted octanol–water partition coefficient (Wildman–Crippen LogP) is 2.87. The first kappa shape index (κ1) is 7.48. The topological polar surface area (TPSA) is 12.9 Å². The highest BCUT2D eigenvalue weighted by Gasteiger charge is 1.91. The summed E-state index contributed by atoms with van der Waals surface area (Å²) in [4.78, 5) is 4.29. The summed E-state index contributed by atoms with van der Waals surface area (Å²) < 4.78 is 0. The molecule has 0 saturated heterocycles. The highest BCUT2D eigenvalue weighted by atomic mass is 32.1. The number of allylic oxidation sites excluding steroid dienone is 1. The first-order valence-electron chi connectivity index (χ1n) is 3.25. The van der Waals surface area contributed by atoms with Crippen LogP contribution in [0.2, 0.25) is 0 Å². The minimum atomic E-state index is 1.11. The van der Waals surface area contributed by atoms with Crippen molar-refractivity contribution in [2.45, 2.75) is 20.8 Å². The number of thiazole rings is 1. The van der Waals surface area contributed by atoms with E-state index in [1.165, 1.54) is 5.57 Å². The van der Waals surface area contributed by atoms with Crippen LogP contribution >= 0.6 is 11.3 Å². The molecule has 0 radical (unpaired) electrons. The Morgan fingerprint density at radius 1 is 1.60 bits per heavy atom. The van der Waals surface area contributed by atoms with Crippen molar-refractivity contribution in [3.05, 3.63) is 21.7 Å². The third-order valence-electron chi connectivity index (χ3n) is 1.05. The fourth-order valence-corrected chi connectivity index (χ4v) is 1.53. The molecule has 0 saturated carbocycles. The molecule has 1 aromatic rings. The smallest absolute Gasteiger partial charge is 0.116 e. The summed E-state index contributed by atoms with van der Waals surface area (Å²) >= 11 is 1.69. The minimum Gasteiger partial charge on any atom is -0.242 e. The van der Waals surface area contributed by atoms with Crippen molar-refractivity contribution in [3.8, 4) is 0 Å². The molecule has 0 unspecified atom stereocenters. The minimum absolute atomic E-state index is 1.11. The number of rotatable bonds is 1. The van der Waals surface area contributed by atoms with Crippen molar-refractivity contribution in [1.29, 1.82) is 0 Å². The molecule has 1 heterocycles. The summed E-state index contributed by atoms with van der Waals surface area (Å²) in [6.07, 6.45) is 2.09. The Kier molecular flexibility index (Phi) is 2.22. The van der Waals surface area contributed by atoms with Crippen LogP contribution in [0.1, 0.15) is 24.5 Å². The summed E-state index contributed by atoms with van der Waals surface area (Å²) in [6, 6.07) is 0. The van der Waals surface area contributed by atoms with Gasteiger partial charge in [-0.3, -0.25) is 0 Å². The van der Waals surface area contributed by atoms with Crippen LogP contribution in [0.5, 0.6) is 0 Å². The summed E-state index contributed by atoms with van der Waals surface area (Å²) in [5.41, 5.74) is 2.41. The SMILES string of the molecule is CC(C)=Cc1nc(C)cs1. The van der Waals surface area contributed by atoms with Gasteiger partial charge in [-0.25, -0.2) is 4.98 Å². The second kappa shape index (κ2) is 2.97. The van der Waals surface area contributed by atoms with Crippen LogP contribution in [0.15, 0.2) is 11.0 Å². The third kappa shape index (κ3) is 1.95. The molecule has 2 heteroatoms. The van der Waals surface area contributed by atoms with Crippen molar-refractivity contribution in [3.63, 3.8) is 0 Å². The Morgan fingerprint density at radius 2 is 2.30 bits per heavy atom. The molecular formula is C8H11NS. The van der Waals surface area contributed by atoms with Crippen molar-refractivity contribution < 1.29 is 0 Å². The fourth-order valence-electron chi connectivity index (χ4n) is 0.685. The molecule has 1 rings (SSSR count). The molecule has 0 N–H and O–H groups in total. The maximum absolute atomic E-state index is 4.29. The van der Waals surface area contributed by atoms with Gasteiger partial charge in [-0.05, 0) is 26.8 Å². The van der Waals surface area contributed by atoms with Gasteiger partial charge in [-0.15, -0.1) is 11.3 Å². The molecule has 0 amide bonds. The van der Waals surface area contributed by atoms with Gasteiger partial charge in [0.15, 0.2) is 0 Å². The fraction of sp³-hybridized carbons (Fsp3) is 0.375. The molecule has 0 aliphatic carbocycles. The lowest BCUT2D eigenvalue weighted by Gasteiger charge is -1.84. The van der Waals surface area contributed by atoms with Crippen LogP contribution in [0.3, 0.4) is 0 Å². The van der Waals surface area contributed by atoms with E-state index in [0.29, 0.717) is 0 Å². The van der Waals surface area contributed by atoms with Crippen LogP contribution in [0, 0.1) is 6.92 Å². The van der Waals surface area contributed by atoms with E-state index in [1.54, 1.807) is 11.3 Å². The van der Waals surface area contributed by atoms with Crippen molar-refractivity contribution in [2.75, 3.05) is 0 Å². The van der Waals surface area contributed by atoms with Crippen LogP contribution in [-0.2, 0) is 0 Å². The number of hydrogen-bond acceptors (Lipinski definition) is 2. The maximum Gasteiger partial charge on any atom is 0.116 e. The maximum atomic E-state index is 4.29. The molecule has 54 valence electrons. The van der Waals surface area contributed by atoms with Gasteiger partial charge in [0.25, 0.3) is 0 Å². The molecule has 10 heavy (non-hydrogen) atoms. The van der Waals surface area contributed by atoms with Crippen LogP contribution in [0.25, 0.3) is 6.08 Å². The average molecular weight is 153 g/mol. The molecule has 1 nitrogen and oxygen atoms in total. The number of nitrogens with zero attached hydrogens (tertiary/aromatic N) is 1. The van der Waals surface area contributed by atoms with Crippen molar-refractivity contribution in [2.24, 2.45) is 0 Å². The molecule has 0 aliphatic rings. The highest BCUT2D eigenvalue weighted by Crippen LogP contribution is 2.11. The molecule has 0 fully saturated rings. The molecule has 0 aromatic carbocycles.